The highest BCUT2D eigenvalue weighted by atomic mass is 32.2. The summed E-state index contributed by atoms with van der Waals surface area (Å²) in [6.07, 6.45) is 0. The summed E-state index contributed by atoms with van der Waals surface area (Å²) in [6, 6.07) is 7.55. The largest absolute Gasteiger partial charge is 0.383 e. The molecule has 108 valence electrons. The molecule has 0 aliphatic carbocycles. The van der Waals surface area contributed by atoms with E-state index in [1.54, 1.807) is 0 Å². The third kappa shape index (κ3) is 3.03. The van der Waals surface area contributed by atoms with E-state index in [0.717, 1.165) is 11.1 Å². The Kier molecular flexibility index (Phi) is 4.17. The maximum Gasteiger partial charge on any atom is 0.273 e. The van der Waals surface area contributed by atoms with Crippen LogP contribution in [0.2, 0.25) is 0 Å². The molecule has 2 aromatic rings. The monoisotopic (exact) mass is 296 g/mol. The van der Waals surface area contributed by atoms with Crippen LogP contribution in [0.5, 0.6) is 0 Å². The number of nitrogens with zero attached hydrogens (tertiary/aromatic N) is 3. The van der Waals surface area contributed by atoms with E-state index in [9.17, 15) is 8.42 Å². The molecule has 0 amide bonds. The number of sulfonamides is 1. The lowest BCUT2D eigenvalue weighted by molar-refractivity contribution is 0.185. The van der Waals surface area contributed by atoms with Crippen molar-refractivity contribution in [3.8, 4) is 11.4 Å². The van der Waals surface area contributed by atoms with Gasteiger partial charge in [0.25, 0.3) is 15.2 Å². The molecule has 0 aliphatic heterocycles. The average Bonchev–Trinajstić information content (AvgIpc) is 2.81. The van der Waals surface area contributed by atoms with Gasteiger partial charge >= 0.3 is 0 Å². The molecule has 20 heavy (non-hydrogen) atoms. The molecule has 0 saturated carbocycles. The first-order valence-electron chi connectivity index (χ1n) is 5.95. The number of aryl methyl sites for hydroxylation is 1. The van der Waals surface area contributed by atoms with Crippen molar-refractivity contribution in [1.82, 2.24) is 14.8 Å². The van der Waals surface area contributed by atoms with Crippen molar-refractivity contribution in [2.75, 3.05) is 13.7 Å². The lowest BCUT2D eigenvalue weighted by atomic mass is 10.1. The van der Waals surface area contributed by atoms with Crippen molar-refractivity contribution in [2.45, 2.75) is 18.6 Å². The van der Waals surface area contributed by atoms with Crippen LogP contribution < -0.4 is 5.14 Å². The Labute approximate surface area is 117 Å². The Morgan fingerprint density at radius 2 is 1.90 bits per heavy atom. The maximum absolute atomic E-state index is 11.5. The molecule has 0 aliphatic rings. The van der Waals surface area contributed by atoms with Crippen molar-refractivity contribution < 1.29 is 13.2 Å². The first-order chi connectivity index (χ1) is 9.43. The molecule has 0 atom stereocenters. The number of ether oxygens (including phenoxy) is 1. The summed E-state index contributed by atoms with van der Waals surface area (Å²) in [4.78, 5) is 0. The van der Waals surface area contributed by atoms with Gasteiger partial charge in [-0.2, -0.15) is 0 Å². The molecule has 1 aromatic carbocycles. The van der Waals surface area contributed by atoms with Gasteiger partial charge in [-0.05, 0) is 6.92 Å². The van der Waals surface area contributed by atoms with Crippen LogP contribution >= 0.6 is 0 Å². The zero-order chi connectivity index (χ0) is 14.8. The second-order valence-electron chi connectivity index (χ2n) is 4.36. The normalized spacial score (nSPS) is 11.8. The van der Waals surface area contributed by atoms with Crippen molar-refractivity contribution in [2.24, 2.45) is 5.14 Å². The number of nitrogens with two attached hydrogens (primary N) is 1. The molecule has 0 fully saturated rings. The third-order valence-corrected chi connectivity index (χ3v) is 3.61. The second kappa shape index (κ2) is 5.70. The predicted molar refractivity (Wildman–Crippen MR) is 73.4 cm³/mol. The van der Waals surface area contributed by atoms with Crippen LogP contribution in [-0.2, 0) is 21.3 Å². The molecule has 1 aromatic heterocycles. The fourth-order valence-electron chi connectivity index (χ4n) is 1.80. The number of primary sulfonamides is 1. The van der Waals surface area contributed by atoms with Crippen LogP contribution in [0.4, 0.5) is 0 Å². The SMILES string of the molecule is COCCn1c(-c2ccc(C)cc2)nnc1S(N)(=O)=O. The van der Waals surface area contributed by atoms with Crippen molar-refractivity contribution in [3.05, 3.63) is 29.8 Å². The molecule has 0 bridgehead atoms. The molecular formula is C12H16N4O3S. The Hall–Kier alpha value is -1.77. The Balaban J connectivity index is 2.53. The Bertz CT molecular complexity index is 692. The van der Waals surface area contributed by atoms with Crippen LogP contribution in [0, 0.1) is 6.92 Å². The van der Waals surface area contributed by atoms with Gasteiger partial charge in [-0.1, -0.05) is 29.8 Å². The van der Waals surface area contributed by atoms with Gasteiger partial charge in [0.1, 0.15) is 0 Å². The molecule has 2 N–H and O–H groups in total. The highest BCUT2D eigenvalue weighted by Crippen LogP contribution is 2.20. The first-order valence-corrected chi connectivity index (χ1v) is 7.50. The molecule has 0 saturated heterocycles. The summed E-state index contributed by atoms with van der Waals surface area (Å²) in [5.41, 5.74) is 1.87. The summed E-state index contributed by atoms with van der Waals surface area (Å²) in [5, 5.41) is 12.5. The summed E-state index contributed by atoms with van der Waals surface area (Å²) in [5.74, 6) is 0.450. The second-order valence-corrected chi connectivity index (χ2v) is 5.82. The van der Waals surface area contributed by atoms with E-state index in [0.29, 0.717) is 19.0 Å². The van der Waals surface area contributed by atoms with Crippen LogP contribution in [0.25, 0.3) is 11.4 Å². The summed E-state index contributed by atoms with van der Waals surface area (Å²) < 4.78 is 29.5. The molecule has 8 heteroatoms. The average molecular weight is 296 g/mol. The van der Waals surface area contributed by atoms with Crippen molar-refractivity contribution in [3.63, 3.8) is 0 Å². The minimum absolute atomic E-state index is 0.259. The number of methoxy groups -OCH3 is 1. The fourth-order valence-corrected chi connectivity index (χ4v) is 2.44. The van der Waals surface area contributed by atoms with Crippen LogP contribution in [0.15, 0.2) is 29.4 Å². The van der Waals surface area contributed by atoms with E-state index in [4.69, 9.17) is 9.88 Å². The van der Waals surface area contributed by atoms with Gasteiger partial charge in [0.2, 0.25) is 0 Å². The zero-order valence-corrected chi connectivity index (χ0v) is 12.1. The topological polar surface area (TPSA) is 100 Å². The number of aromatic nitrogens is 3. The first kappa shape index (κ1) is 14.6. The molecule has 0 unspecified atom stereocenters. The third-order valence-electron chi connectivity index (χ3n) is 2.80. The van der Waals surface area contributed by atoms with Crippen LogP contribution in [-0.4, -0.2) is 36.9 Å². The minimum atomic E-state index is -3.93. The van der Waals surface area contributed by atoms with E-state index < -0.39 is 10.0 Å². The standard InChI is InChI=1S/C12H16N4O3S/c1-9-3-5-10(6-4-9)11-14-15-12(20(13,17)18)16(11)7-8-19-2/h3-6H,7-8H2,1-2H3,(H2,13,17,18). The summed E-state index contributed by atoms with van der Waals surface area (Å²) >= 11 is 0. The highest BCUT2D eigenvalue weighted by Gasteiger charge is 2.21. The van der Waals surface area contributed by atoms with Gasteiger partial charge in [0, 0.05) is 12.7 Å². The summed E-state index contributed by atoms with van der Waals surface area (Å²) in [7, 11) is -2.39. The number of rotatable bonds is 5. The van der Waals surface area contributed by atoms with Gasteiger partial charge in [-0.15, -0.1) is 10.2 Å². The molecule has 7 nitrogen and oxygen atoms in total. The molecular weight excluding hydrogens is 280 g/mol. The number of benzene rings is 1. The van der Waals surface area contributed by atoms with Gasteiger partial charge in [0.05, 0.1) is 13.2 Å². The molecule has 0 radical (unpaired) electrons. The van der Waals surface area contributed by atoms with Crippen molar-refractivity contribution >= 4 is 10.0 Å². The molecule has 1 heterocycles. The van der Waals surface area contributed by atoms with E-state index >= 15 is 0 Å². The highest BCUT2D eigenvalue weighted by molar-refractivity contribution is 7.89. The molecule has 0 spiro atoms. The fraction of sp³-hybridized carbons (Fsp3) is 0.333. The Morgan fingerprint density at radius 3 is 2.45 bits per heavy atom. The zero-order valence-electron chi connectivity index (χ0n) is 11.3. The molecule has 2 rings (SSSR count). The lowest BCUT2D eigenvalue weighted by Gasteiger charge is -2.08. The van der Waals surface area contributed by atoms with Gasteiger partial charge in [-0.25, -0.2) is 13.6 Å². The van der Waals surface area contributed by atoms with E-state index in [1.807, 2.05) is 31.2 Å². The number of hydrogen-bond donors (Lipinski definition) is 1. The Morgan fingerprint density at radius 1 is 1.25 bits per heavy atom. The van der Waals surface area contributed by atoms with E-state index in [1.165, 1.54) is 11.7 Å². The van der Waals surface area contributed by atoms with Gasteiger partial charge < -0.3 is 4.74 Å². The maximum atomic E-state index is 11.5. The predicted octanol–water partition coefficient (Wildman–Crippen LogP) is 0.547. The van der Waals surface area contributed by atoms with E-state index in [-0.39, 0.29) is 5.16 Å². The van der Waals surface area contributed by atoms with Crippen molar-refractivity contribution in [1.29, 1.82) is 0 Å². The van der Waals surface area contributed by atoms with Crippen LogP contribution in [0.1, 0.15) is 5.56 Å². The summed E-state index contributed by atoms with van der Waals surface area (Å²) in [6.45, 7) is 2.60. The van der Waals surface area contributed by atoms with E-state index in [2.05, 4.69) is 10.2 Å². The lowest BCUT2D eigenvalue weighted by Crippen LogP contribution is -2.20. The quantitative estimate of drug-likeness (QED) is 0.868. The van der Waals surface area contributed by atoms with Gasteiger partial charge in [0.15, 0.2) is 5.82 Å². The number of hydrogen-bond acceptors (Lipinski definition) is 5. The van der Waals surface area contributed by atoms with Gasteiger partial charge in [-0.3, -0.25) is 4.57 Å². The smallest absolute Gasteiger partial charge is 0.273 e. The minimum Gasteiger partial charge on any atom is -0.383 e. The van der Waals surface area contributed by atoms with Crippen LogP contribution in [0.3, 0.4) is 0 Å².